The lowest BCUT2D eigenvalue weighted by atomic mass is 9.96. The molecule has 37 heavy (non-hydrogen) atoms. The van der Waals surface area contributed by atoms with Crippen molar-refractivity contribution in [2.24, 2.45) is 4.99 Å². The van der Waals surface area contributed by atoms with E-state index in [4.69, 9.17) is 16.3 Å². The predicted molar refractivity (Wildman–Crippen MR) is 144 cm³/mol. The standard InChI is InChI=1S/C28H26ClN3O4S/c1-4-6-15-31-20-10-8-7-9-19(20)22(25(31)33)24-26(34)32-23(17-11-13-18(29)14-12-17)21(27(35)36-5-2)16(3)30-28(32)37-24/h7-14,23H,4-6,15H2,1-3H3/b24-22+. The van der Waals surface area contributed by atoms with Crippen molar-refractivity contribution < 1.29 is 14.3 Å². The summed E-state index contributed by atoms with van der Waals surface area (Å²) < 4.78 is 7.16. The third-order valence-corrected chi connectivity index (χ3v) is 7.87. The van der Waals surface area contributed by atoms with Crippen molar-refractivity contribution in [1.29, 1.82) is 0 Å². The molecule has 0 fully saturated rings. The normalized spacial score (nSPS) is 18.0. The quantitative estimate of drug-likeness (QED) is 0.447. The van der Waals surface area contributed by atoms with E-state index < -0.39 is 12.0 Å². The molecule has 2 aromatic carbocycles. The number of rotatable bonds is 6. The number of hydrogen-bond acceptors (Lipinski definition) is 6. The number of carbonyl (C=O) groups excluding carboxylic acids is 2. The lowest BCUT2D eigenvalue weighted by molar-refractivity contribution is -0.139. The fourth-order valence-corrected chi connectivity index (χ4v) is 6.10. The van der Waals surface area contributed by atoms with Crippen molar-refractivity contribution in [3.05, 3.63) is 95.6 Å². The number of aromatic nitrogens is 1. The van der Waals surface area contributed by atoms with Gasteiger partial charge in [0.15, 0.2) is 4.80 Å². The summed E-state index contributed by atoms with van der Waals surface area (Å²) in [6, 6.07) is 13.8. The van der Waals surface area contributed by atoms with Crippen molar-refractivity contribution in [1.82, 2.24) is 4.57 Å². The number of para-hydroxylation sites is 1. The van der Waals surface area contributed by atoms with Gasteiger partial charge in [0.05, 0.1) is 35.2 Å². The van der Waals surface area contributed by atoms with E-state index >= 15 is 0 Å². The van der Waals surface area contributed by atoms with Gasteiger partial charge in [-0.3, -0.25) is 14.2 Å². The van der Waals surface area contributed by atoms with E-state index in [1.165, 1.54) is 15.9 Å². The van der Waals surface area contributed by atoms with E-state index in [1.807, 2.05) is 24.3 Å². The number of amides is 1. The fourth-order valence-electron chi connectivity index (χ4n) is 4.84. The Morgan fingerprint density at radius 1 is 1.11 bits per heavy atom. The van der Waals surface area contributed by atoms with Crippen LogP contribution in [0.1, 0.15) is 50.8 Å². The molecule has 1 aromatic heterocycles. The predicted octanol–water partition coefficient (Wildman–Crippen LogP) is 3.97. The Kier molecular flexibility index (Phi) is 6.88. The molecule has 1 atom stereocenters. The number of benzene rings is 2. The molecule has 2 aliphatic rings. The highest BCUT2D eigenvalue weighted by Gasteiger charge is 2.37. The number of fused-ring (bicyclic) bond motifs is 2. The molecule has 7 nitrogen and oxygen atoms in total. The van der Waals surface area contributed by atoms with Crippen molar-refractivity contribution in [3.8, 4) is 0 Å². The average Bonchev–Trinajstić information content (AvgIpc) is 3.34. The maximum absolute atomic E-state index is 14.1. The SMILES string of the molecule is CCCCN1C(=O)/C(=c2/sc3n(c2=O)C(c2ccc(Cl)cc2)C(C(=O)OCC)=C(C)N=3)c2ccccc21. The largest absolute Gasteiger partial charge is 0.463 e. The highest BCUT2D eigenvalue weighted by molar-refractivity contribution is 7.07. The molecule has 3 aromatic rings. The van der Waals surface area contributed by atoms with Crippen LogP contribution in [0, 0.1) is 0 Å². The number of anilines is 1. The molecule has 0 aliphatic carbocycles. The fraction of sp³-hybridized carbons (Fsp3) is 0.286. The molecule has 190 valence electrons. The first-order valence-electron chi connectivity index (χ1n) is 12.3. The van der Waals surface area contributed by atoms with E-state index in [1.54, 1.807) is 43.0 Å². The lowest BCUT2D eigenvalue weighted by Crippen LogP contribution is -2.41. The molecule has 9 heteroatoms. The van der Waals surface area contributed by atoms with Crippen LogP contribution >= 0.6 is 22.9 Å². The average molecular weight is 536 g/mol. The molecule has 0 bridgehead atoms. The van der Waals surface area contributed by atoms with Crippen LogP contribution in [0.3, 0.4) is 0 Å². The minimum absolute atomic E-state index is 0.190. The van der Waals surface area contributed by atoms with Gasteiger partial charge in [0.2, 0.25) is 0 Å². The van der Waals surface area contributed by atoms with Gasteiger partial charge in [0, 0.05) is 17.1 Å². The molecule has 0 saturated carbocycles. The number of nitrogens with zero attached hydrogens (tertiary/aromatic N) is 3. The third kappa shape index (κ3) is 4.24. The Morgan fingerprint density at radius 3 is 2.54 bits per heavy atom. The molecule has 1 unspecified atom stereocenters. The lowest BCUT2D eigenvalue weighted by Gasteiger charge is -2.24. The van der Waals surface area contributed by atoms with Gasteiger partial charge >= 0.3 is 5.97 Å². The molecule has 1 amide bonds. The van der Waals surface area contributed by atoms with E-state index in [2.05, 4.69) is 11.9 Å². The molecule has 2 aliphatic heterocycles. The number of unbranched alkanes of at least 4 members (excludes halogenated alkanes) is 1. The zero-order valence-electron chi connectivity index (χ0n) is 20.8. The van der Waals surface area contributed by atoms with Gasteiger partial charge in [0.1, 0.15) is 4.53 Å². The molecular formula is C28H26ClN3O4S. The first kappa shape index (κ1) is 25.2. The molecular weight excluding hydrogens is 510 g/mol. The van der Waals surface area contributed by atoms with Crippen LogP contribution in [-0.2, 0) is 14.3 Å². The van der Waals surface area contributed by atoms with Crippen LogP contribution in [0.4, 0.5) is 5.69 Å². The summed E-state index contributed by atoms with van der Waals surface area (Å²) in [5.41, 5.74) is 3.01. The van der Waals surface area contributed by atoms with Crippen LogP contribution in [0.15, 0.2) is 69.6 Å². The van der Waals surface area contributed by atoms with Gasteiger partial charge in [-0.25, -0.2) is 9.79 Å². The van der Waals surface area contributed by atoms with Gasteiger partial charge in [0.25, 0.3) is 11.5 Å². The number of ether oxygens (including phenoxy) is 1. The van der Waals surface area contributed by atoms with E-state index in [-0.39, 0.29) is 23.6 Å². The Balaban J connectivity index is 1.78. The van der Waals surface area contributed by atoms with Crippen LogP contribution in [0.2, 0.25) is 5.02 Å². The smallest absolute Gasteiger partial charge is 0.338 e. The van der Waals surface area contributed by atoms with Crippen molar-refractivity contribution >= 4 is 46.1 Å². The highest BCUT2D eigenvalue weighted by Crippen LogP contribution is 2.36. The van der Waals surface area contributed by atoms with E-state index in [0.29, 0.717) is 37.7 Å². The van der Waals surface area contributed by atoms with E-state index in [0.717, 1.165) is 24.1 Å². The van der Waals surface area contributed by atoms with Crippen LogP contribution in [0.5, 0.6) is 0 Å². The first-order valence-corrected chi connectivity index (χ1v) is 13.5. The van der Waals surface area contributed by atoms with Crippen LogP contribution in [-0.4, -0.2) is 29.6 Å². The molecule has 0 saturated heterocycles. The molecule has 0 spiro atoms. The minimum Gasteiger partial charge on any atom is -0.463 e. The summed E-state index contributed by atoms with van der Waals surface area (Å²) in [7, 11) is 0. The highest BCUT2D eigenvalue weighted by atomic mass is 35.5. The Morgan fingerprint density at radius 2 is 1.84 bits per heavy atom. The van der Waals surface area contributed by atoms with E-state index in [9.17, 15) is 14.4 Å². The molecule has 5 rings (SSSR count). The summed E-state index contributed by atoms with van der Waals surface area (Å²) in [6.45, 7) is 6.31. The zero-order valence-corrected chi connectivity index (χ0v) is 22.4. The van der Waals surface area contributed by atoms with Crippen molar-refractivity contribution in [3.63, 3.8) is 0 Å². The second kappa shape index (κ2) is 10.1. The van der Waals surface area contributed by atoms with Crippen molar-refractivity contribution in [2.75, 3.05) is 18.1 Å². The van der Waals surface area contributed by atoms with Gasteiger partial charge in [-0.2, -0.15) is 0 Å². The van der Waals surface area contributed by atoms with Gasteiger partial charge < -0.3 is 9.64 Å². The summed E-state index contributed by atoms with van der Waals surface area (Å²) in [4.78, 5) is 47.6. The maximum Gasteiger partial charge on any atom is 0.338 e. The van der Waals surface area contributed by atoms with Gasteiger partial charge in [-0.05, 0) is 44.0 Å². The number of hydrogen-bond donors (Lipinski definition) is 0. The number of carbonyl (C=O) groups is 2. The third-order valence-electron chi connectivity index (χ3n) is 6.56. The number of halogens is 1. The monoisotopic (exact) mass is 535 g/mol. The van der Waals surface area contributed by atoms with Gasteiger partial charge in [-0.15, -0.1) is 0 Å². The minimum atomic E-state index is -0.759. The summed E-state index contributed by atoms with van der Waals surface area (Å²) >= 11 is 7.30. The summed E-state index contributed by atoms with van der Waals surface area (Å²) in [5, 5.41) is 0.539. The summed E-state index contributed by atoms with van der Waals surface area (Å²) in [5.74, 6) is -0.723. The van der Waals surface area contributed by atoms with Crippen LogP contribution in [0.25, 0.3) is 5.57 Å². The number of thiazole rings is 1. The molecule has 0 N–H and O–H groups in total. The second-order valence-electron chi connectivity index (χ2n) is 8.88. The van der Waals surface area contributed by atoms with Crippen molar-refractivity contribution in [2.45, 2.75) is 39.7 Å². The first-order chi connectivity index (χ1) is 17.9. The number of allylic oxidation sites excluding steroid dienone is 1. The molecule has 0 radical (unpaired) electrons. The maximum atomic E-state index is 14.1. The number of esters is 1. The molecule has 3 heterocycles. The van der Waals surface area contributed by atoms with Gasteiger partial charge in [-0.1, -0.05) is 66.6 Å². The summed E-state index contributed by atoms with van der Waals surface area (Å²) in [6.07, 6.45) is 1.80. The Bertz CT molecular complexity index is 1620. The Hall–Kier alpha value is -3.49. The topological polar surface area (TPSA) is 81.0 Å². The second-order valence-corrected chi connectivity index (χ2v) is 10.3. The van der Waals surface area contributed by atoms with Crippen LogP contribution < -0.4 is 19.8 Å². The Labute approximate surface area is 223 Å². The zero-order chi connectivity index (χ0) is 26.3.